The van der Waals surface area contributed by atoms with Crippen molar-refractivity contribution in [2.45, 2.75) is 38.6 Å². The third kappa shape index (κ3) is 1.92. The van der Waals surface area contributed by atoms with E-state index in [1.54, 1.807) is 0 Å². The number of nitrogens with one attached hydrogen (secondary N) is 1. The SMILES string of the molecule is CCC(CN)NC(=O)C1CC2CC2C1. The van der Waals surface area contributed by atoms with E-state index in [9.17, 15) is 4.79 Å². The fourth-order valence-corrected chi connectivity index (χ4v) is 2.58. The third-order valence-corrected chi connectivity index (χ3v) is 3.74. The molecule has 2 fully saturated rings. The van der Waals surface area contributed by atoms with Gasteiger partial charge in [0.1, 0.15) is 0 Å². The van der Waals surface area contributed by atoms with Crippen molar-refractivity contribution < 1.29 is 4.79 Å². The Morgan fingerprint density at radius 2 is 2.07 bits per heavy atom. The maximum Gasteiger partial charge on any atom is 0.223 e. The number of carbonyl (C=O) groups excluding carboxylic acids is 1. The number of amides is 1. The van der Waals surface area contributed by atoms with Crippen molar-refractivity contribution in [3.05, 3.63) is 0 Å². The summed E-state index contributed by atoms with van der Waals surface area (Å²) < 4.78 is 0. The highest BCUT2D eigenvalue weighted by atomic mass is 16.1. The Labute approximate surface area is 85.4 Å². The number of hydrogen-bond acceptors (Lipinski definition) is 2. The van der Waals surface area contributed by atoms with E-state index < -0.39 is 0 Å². The molecule has 2 rings (SSSR count). The summed E-state index contributed by atoms with van der Waals surface area (Å²) in [7, 11) is 0. The Bertz CT molecular complexity index is 215. The highest BCUT2D eigenvalue weighted by Gasteiger charge is 2.48. The van der Waals surface area contributed by atoms with Crippen LogP contribution in [0.25, 0.3) is 0 Å². The summed E-state index contributed by atoms with van der Waals surface area (Å²) in [5, 5.41) is 3.04. The van der Waals surface area contributed by atoms with Gasteiger partial charge in [0, 0.05) is 18.5 Å². The molecule has 2 saturated carbocycles. The molecule has 0 aromatic rings. The Morgan fingerprint density at radius 1 is 1.43 bits per heavy atom. The van der Waals surface area contributed by atoms with Crippen LogP contribution >= 0.6 is 0 Å². The highest BCUT2D eigenvalue weighted by Crippen LogP contribution is 2.54. The molecule has 0 heterocycles. The van der Waals surface area contributed by atoms with Crippen LogP contribution in [-0.2, 0) is 4.79 Å². The summed E-state index contributed by atoms with van der Waals surface area (Å²) in [5.41, 5.74) is 5.55. The van der Waals surface area contributed by atoms with Crippen molar-refractivity contribution in [2.75, 3.05) is 6.54 Å². The van der Waals surface area contributed by atoms with E-state index >= 15 is 0 Å². The molecule has 3 atom stereocenters. The third-order valence-electron chi connectivity index (χ3n) is 3.74. The van der Waals surface area contributed by atoms with Crippen LogP contribution in [0.4, 0.5) is 0 Å². The Kier molecular flexibility index (Phi) is 2.77. The van der Waals surface area contributed by atoms with Crippen LogP contribution in [0.2, 0.25) is 0 Å². The number of hydrogen-bond donors (Lipinski definition) is 2. The minimum absolute atomic E-state index is 0.180. The number of fused-ring (bicyclic) bond motifs is 1. The van der Waals surface area contributed by atoms with Gasteiger partial charge in [0.25, 0.3) is 0 Å². The second-order valence-electron chi connectivity index (χ2n) is 4.77. The molecule has 80 valence electrons. The molecule has 2 aliphatic rings. The normalized spacial score (nSPS) is 36.3. The number of carbonyl (C=O) groups is 1. The van der Waals surface area contributed by atoms with Crippen molar-refractivity contribution >= 4 is 5.91 Å². The monoisotopic (exact) mass is 196 g/mol. The van der Waals surface area contributed by atoms with E-state index in [2.05, 4.69) is 12.2 Å². The zero-order valence-corrected chi connectivity index (χ0v) is 8.83. The molecule has 0 aromatic heterocycles. The van der Waals surface area contributed by atoms with Crippen molar-refractivity contribution in [1.29, 1.82) is 0 Å². The molecule has 2 aliphatic carbocycles. The van der Waals surface area contributed by atoms with Crippen LogP contribution in [0.5, 0.6) is 0 Å². The van der Waals surface area contributed by atoms with Gasteiger partial charge in [-0.05, 0) is 37.5 Å². The van der Waals surface area contributed by atoms with Gasteiger partial charge in [-0.2, -0.15) is 0 Å². The summed E-state index contributed by atoms with van der Waals surface area (Å²) in [6.07, 6.45) is 4.55. The lowest BCUT2D eigenvalue weighted by molar-refractivity contribution is -0.125. The minimum Gasteiger partial charge on any atom is -0.352 e. The molecule has 0 bridgehead atoms. The summed E-state index contributed by atoms with van der Waals surface area (Å²) >= 11 is 0. The van der Waals surface area contributed by atoms with Crippen molar-refractivity contribution in [1.82, 2.24) is 5.32 Å². The lowest BCUT2D eigenvalue weighted by Crippen LogP contribution is -2.42. The molecule has 0 aliphatic heterocycles. The van der Waals surface area contributed by atoms with Gasteiger partial charge in [0.05, 0.1) is 0 Å². The number of nitrogens with two attached hydrogens (primary N) is 1. The van der Waals surface area contributed by atoms with E-state index in [1.165, 1.54) is 6.42 Å². The molecule has 0 aromatic carbocycles. The van der Waals surface area contributed by atoms with Crippen molar-refractivity contribution in [3.8, 4) is 0 Å². The first-order valence-electron chi connectivity index (χ1n) is 5.75. The second-order valence-corrected chi connectivity index (χ2v) is 4.77. The topological polar surface area (TPSA) is 55.1 Å². The van der Waals surface area contributed by atoms with E-state index in [4.69, 9.17) is 5.73 Å². The number of rotatable bonds is 4. The summed E-state index contributed by atoms with van der Waals surface area (Å²) in [6, 6.07) is 0.180. The highest BCUT2D eigenvalue weighted by molar-refractivity contribution is 5.79. The molecule has 0 spiro atoms. The summed E-state index contributed by atoms with van der Waals surface area (Å²) in [6.45, 7) is 2.62. The van der Waals surface area contributed by atoms with Crippen molar-refractivity contribution in [3.63, 3.8) is 0 Å². The summed E-state index contributed by atoms with van der Waals surface area (Å²) in [5.74, 6) is 2.29. The van der Waals surface area contributed by atoms with Gasteiger partial charge < -0.3 is 11.1 Å². The second kappa shape index (κ2) is 3.89. The first-order chi connectivity index (χ1) is 6.74. The van der Waals surface area contributed by atoms with E-state index in [-0.39, 0.29) is 11.9 Å². The van der Waals surface area contributed by atoms with Gasteiger partial charge in [0.15, 0.2) is 0 Å². The average molecular weight is 196 g/mol. The van der Waals surface area contributed by atoms with Crippen molar-refractivity contribution in [2.24, 2.45) is 23.5 Å². The molecule has 1 amide bonds. The largest absolute Gasteiger partial charge is 0.352 e. The maximum absolute atomic E-state index is 11.8. The van der Waals surface area contributed by atoms with E-state index in [1.807, 2.05) is 0 Å². The van der Waals surface area contributed by atoms with Gasteiger partial charge in [-0.1, -0.05) is 6.92 Å². The zero-order valence-electron chi connectivity index (χ0n) is 8.83. The smallest absolute Gasteiger partial charge is 0.223 e. The Morgan fingerprint density at radius 3 is 2.57 bits per heavy atom. The lowest BCUT2D eigenvalue weighted by Gasteiger charge is -2.18. The maximum atomic E-state index is 11.8. The predicted molar refractivity (Wildman–Crippen MR) is 55.6 cm³/mol. The van der Waals surface area contributed by atoms with Crippen LogP contribution < -0.4 is 11.1 Å². The minimum atomic E-state index is 0.180. The predicted octanol–water partition coefficient (Wildman–Crippen LogP) is 0.886. The first-order valence-corrected chi connectivity index (χ1v) is 5.75. The van der Waals surface area contributed by atoms with Gasteiger partial charge in [0.2, 0.25) is 5.91 Å². The first kappa shape index (κ1) is 9.97. The molecule has 0 radical (unpaired) electrons. The van der Waals surface area contributed by atoms with Crippen LogP contribution in [0, 0.1) is 17.8 Å². The standard InChI is InChI=1S/C11H20N2O/c1-2-10(6-12)13-11(14)9-4-7-3-8(7)5-9/h7-10H,2-6,12H2,1H3,(H,13,14). The Balaban J connectivity index is 1.77. The van der Waals surface area contributed by atoms with Crippen LogP contribution in [0.15, 0.2) is 0 Å². The zero-order chi connectivity index (χ0) is 10.1. The molecular formula is C11H20N2O. The average Bonchev–Trinajstić information content (AvgIpc) is 2.82. The van der Waals surface area contributed by atoms with Gasteiger partial charge >= 0.3 is 0 Å². The molecule has 3 nitrogen and oxygen atoms in total. The molecule has 3 unspecified atom stereocenters. The van der Waals surface area contributed by atoms with Crippen LogP contribution in [0.1, 0.15) is 32.6 Å². The quantitative estimate of drug-likeness (QED) is 0.701. The fraction of sp³-hybridized carbons (Fsp3) is 0.909. The van der Waals surface area contributed by atoms with Crippen LogP contribution in [0.3, 0.4) is 0 Å². The molecule has 3 N–H and O–H groups in total. The molecular weight excluding hydrogens is 176 g/mol. The van der Waals surface area contributed by atoms with Crippen LogP contribution in [-0.4, -0.2) is 18.5 Å². The molecule has 14 heavy (non-hydrogen) atoms. The lowest BCUT2D eigenvalue weighted by atomic mass is 10.0. The van der Waals surface area contributed by atoms with E-state index in [0.29, 0.717) is 12.5 Å². The molecule has 0 saturated heterocycles. The van der Waals surface area contributed by atoms with Gasteiger partial charge in [-0.3, -0.25) is 4.79 Å². The summed E-state index contributed by atoms with van der Waals surface area (Å²) in [4.78, 5) is 11.8. The fourth-order valence-electron chi connectivity index (χ4n) is 2.58. The van der Waals surface area contributed by atoms with Gasteiger partial charge in [-0.15, -0.1) is 0 Å². The van der Waals surface area contributed by atoms with E-state index in [0.717, 1.165) is 31.1 Å². The Hall–Kier alpha value is -0.570. The van der Waals surface area contributed by atoms with Gasteiger partial charge in [-0.25, -0.2) is 0 Å². The molecule has 3 heteroatoms.